The number of nitrogens with zero attached hydrogens (tertiary/aromatic N) is 1. The molecule has 0 aromatic heterocycles. The van der Waals surface area contributed by atoms with Crippen LogP contribution in [0.15, 0.2) is 12.4 Å². The Balaban J connectivity index is 0.00000676. The molecule has 0 saturated heterocycles. The van der Waals surface area contributed by atoms with Crippen LogP contribution >= 0.6 is 15.9 Å². The van der Waals surface area contributed by atoms with Crippen molar-refractivity contribution in [3.05, 3.63) is 12.4 Å². The summed E-state index contributed by atoms with van der Waals surface area (Å²) in [4.78, 5) is 4.19. The maximum Gasteiger partial charge on any atom is 0.156 e. The van der Waals surface area contributed by atoms with Crippen molar-refractivity contribution in [2.75, 3.05) is 25.1 Å². The van der Waals surface area contributed by atoms with Crippen molar-refractivity contribution in [1.82, 2.24) is 4.90 Å². The van der Waals surface area contributed by atoms with Gasteiger partial charge in [0.2, 0.25) is 0 Å². The first-order chi connectivity index (χ1) is 12.9. The molecule has 0 fully saturated rings. The summed E-state index contributed by atoms with van der Waals surface area (Å²) >= 11 is 3.51. The molecule has 0 aromatic rings. The monoisotopic (exact) mass is 508 g/mol. The number of quaternary nitrogens is 1. The van der Waals surface area contributed by atoms with Crippen LogP contribution in [0, 0.1) is 0 Å². The van der Waals surface area contributed by atoms with E-state index in [2.05, 4.69) is 40.2 Å². The van der Waals surface area contributed by atoms with Crippen LogP contribution < -0.4 is 21.9 Å². The summed E-state index contributed by atoms with van der Waals surface area (Å²) in [5.41, 5.74) is 0. The van der Waals surface area contributed by atoms with Crippen LogP contribution in [0.2, 0.25) is 0 Å². The molecule has 1 N–H and O–H groups in total. The standard InChI is InChI=1S/C23H45BrN2.BrH/c1-2-3-4-5-6-7-8-9-10-11-13-16-19-25-21-22-26(23-25)20-17-14-12-15-18-24;/h21-22H,2-20,23H2,1H3;1H. The van der Waals surface area contributed by atoms with Crippen LogP contribution in [0.25, 0.3) is 0 Å². The van der Waals surface area contributed by atoms with Gasteiger partial charge in [0.15, 0.2) is 6.67 Å². The molecule has 1 aliphatic heterocycles. The van der Waals surface area contributed by atoms with Gasteiger partial charge < -0.3 is 21.9 Å². The number of unbranched alkanes of at least 4 members (excludes halogenated alkanes) is 14. The predicted octanol–water partition coefficient (Wildman–Crippen LogP) is 3.28. The van der Waals surface area contributed by atoms with E-state index < -0.39 is 0 Å². The zero-order valence-electron chi connectivity index (χ0n) is 18.0. The number of nitrogens with one attached hydrogen (secondary N) is 1. The minimum atomic E-state index is 0. The normalized spacial score (nSPS) is 16.1. The second-order valence-electron chi connectivity index (χ2n) is 8.19. The molecule has 2 nitrogen and oxygen atoms in total. The van der Waals surface area contributed by atoms with Gasteiger partial charge in [0.25, 0.3) is 0 Å². The molecule has 0 aliphatic carbocycles. The van der Waals surface area contributed by atoms with E-state index in [0.29, 0.717) is 0 Å². The molecule has 1 atom stereocenters. The van der Waals surface area contributed by atoms with E-state index >= 15 is 0 Å². The molecule has 162 valence electrons. The van der Waals surface area contributed by atoms with Gasteiger partial charge in [-0.2, -0.15) is 0 Å². The molecular formula is C23H46Br2N2. The van der Waals surface area contributed by atoms with Crippen LogP contribution in [0.3, 0.4) is 0 Å². The highest BCUT2D eigenvalue weighted by Gasteiger charge is 2.15. The first kappa shape index (κ1) is 27.5. The van der Waals surface area contributed by atoms with E-state index in [-0.39, 0.29) is 17.0 Å². The van der Waals surface area contributed by atoms with Gasteiger partial charge >= 0.3 is 0 Å². The van der Waals surface area contributed by atoms with Crippen molar-refractivity contribution in [3.63, 3.8) is 0 Å². The maximum atomic E-state index is 3.51. The largest absolute Gasteiger partial charge is 1.00 e. The summed E-state index contributed by atoms with van der Waals surface area (Å²) in [6.07, 6.45) is 27.5. The van der Waals surface area contributed by atoms with Crippen molar-refractivity contribution in [2.24, 2.45) is 0 Å². The van der Waals surface area contributed by atoms with Crippen molar-refractivity contribution in [2.45, 2.75) is 110 Å². The second-order valence-corrected chi connectivity index (χ2v) is 8.98. The van der Waals surface area contributed by atoms with Crippen molar-refractivity contribution >= 4 is 15.9 Å². The first-order valence-electron chi connectivity index (χ1n) is 11.7. The summed E-state index contributed by atoms with van der Waals surface area (Å²) in [5.74, 6) is 0. The highest BCUT2D eigenvalue weighted by atomic mass is 79.9. The highest BCUT2D eigenvalue weighted by molar-refractivity contribution is 9.09. The molecule has 0 amide bonds. The number of halogens is 2. The molecule has 0 aromatic carbocycles. The first-order valence-corrected chi connectivity index (χ1v) is 12.8. The minimum absolute atomic E-state index is 0. The Morgan fingerprint density at radius 3 is 1.85 bits per heavy atom. The SMILES string of the molecule is CCCCCCCCCCCCCCN1C=C[NH+](CCCCCCBr)C1.[Br-]. The molecule has 1 aliphatic rings. The zero-order valence-corrected chi connectivity index (χ0v) is 21.2. The molecular weight excluding hydrogens is 464 g/mol. The predicted molar refractivity (Wildman–Crippen MR) is 120 cm³/mol. The average molecular weight is 510 g/mol. The fraction of sp³-hybridized carbons (Fsp3) is 0.913. The van der Waals surface area contributed by atoms with Crippen LogP contribution in [0.4, 0.5) is 0 Å². The molecule has 4 heteroatoms. The molecule has 27 heavy (non-hydrogen) atoms. The summed E-state index contributed by atoms with van der Waals surface area (Å²) in [5, 5.41) is 1.16. The van der Waals surface area contributed by atoms with Crippen molar-refractivity contribution in [1.29, 1.82) is 0 Å². The van der Waals surface area contributed by atoms with E-state index in [1.165, 1.54) is 122 Å². The molecule has 0 saturated carbocycles. The molecule has 0 radical (unpaired) electrons. The zero-order chi connectivity index (χ0) is 18.7. The minimum Gasteiger partial charge on any atom is -1.00 e. The topological polar surface area (TPSA) is 7.68 Å². The van der Waals surface area contributed by atoms with E-state index in [1.807, 2.05) is 0 Å². The summed E-state index contributed by atoms with van der Waals surface area (Å²) in [7, 11) is 0. The van der Waals surface area contributed by atoms with Gasteiger partial charge in [0.1, 0.15) is 6.20 Å². The number of hydrogen-bond donors (Lipinski definition) is 1. The summed E-state index contributed by atoms with van der Waals surface area (Å²) in [6.45, 7) is 6.08. The molecule has 1 rings (SSSR count). The lowest BCUT2D eigenvalue weighted by atomic mass is 10.1. The second kappa shape index (κ2) is 21.2. The van der Waals surface area contributed by atoms with E-state index in [9.17, 15) is 0 Å². The number of rotatable bonds is 19. The van der Waals surface area contributed by atoms with Crippen molar-refractivity contribution < 1.29 is 21.9 Å². The molecule has 1 heterocycles. The van der Waals surface area contributed by atoms with Crippen LogP contribution in [0.5, 0.6) is 0 Å². The van der Waals surface area contributed by atoms with Crippen molar-refractivity contribution in [3.8, 4) is 0 Å². The molecule has 0 bridgehead atoms. The third-order valence-electron chi connectivity index (χ3n) is 5.61. The van der Waals surface area contributed by atoms with Gasteiger partial charge in [0, 0.05) is 11.9 Å². The Hall–Kier alpha value is 0.460. The lowest BCUT2D eigenvalue weighted by Crippen LogP contribution is -3.07. The van der Waals surface area contributed by atoms with Crippen LogP contribution in [-0.4, -0.2) is 30.0 Å². The number of hydrogen-bond acceptors (Lipinski definition) is 1. The van der Waals surface area contributed by atoms with E-state index in [0.717, 1.165) is 5.33 Å². The Bertz CT molecular complexity index is 324. The Labute approximate surface area is 189 Å². The number of alkyl halides is 1. The highest BCUT2D eigenvalue weighted by Crippen LogP contribution is 2.12. The fourth-order valence-electron chi connectivity index (χ4n) is 3.85. The van der Waals surface area contributed by atoms with Crippen LogP contribution in [-0.2, 0) is 0 Å². The van der Waals surface area contributed by atoms with Gasteiger partial charge in [0.05, 0.1) is 12.7 Å². The quantitative estimate of drug-likeness (QED) is 0.207. The van der Waals surface area contributed by atoms with Gasteiger partial charge in [-0.1, -0.05) is 99.9 Å². The van der Waals surface area contributed by atoms with E-state index in [4.69, 9.17) is 0 Å². The lowest BCUT2D eigenvalue weighted by Gasteiger charge is -2.17. The van der Waals surface area contributed by atoms with E-state index in [1.54, 1.807) is 4.90 Å². The third-order valence-corrected chi connectivity index (χ3v) is 6.17. The Kier molecular flexibility index (Phi) is 21.5. The van der Waals surface area contributed by atoms with Gasteiger partial charge in [-0.15, -0.1) is 0 Å². The Morgan fingerprint density at radius 2 is 1.26 bits per heavy atom. The fourth-order valence-corrected chi connectivity index (χ4v) is 4.25. The molecule has 1 unspecified atom stereocenters. The molecule has 0 spiro atoms. The average Bonchev–Trinajstić information content (AvgIpc) is 3.10. The third kappa shape index (κ3) is 17.1. The summed E-state index contributed by atoms with van der Waals surface area (Å²) in [6, 6.07) is 0. The van der Waals surface area contributed by atoms with Crippen LogP contribution in [0.1, 0.15) is 110 Å². The van der Waals surface area contributed by atoms with Gasteiger partial charge in [-0.3, -0.25) is 4.90 Å². The summed E-state index contributed by atoms with van der Waals surface area (Å²) < 4.78 is 0. The van der Waals surface area contributed by atoms with Gasteiger partial charge in [-0.25, -0.2) is 0 Å². The van der Waals surface area contributed by atoms with Gasteiger partial charge in [-0.05, 0) is 25.7 Å². The Morgan fingerprint density at radius 1 is 0.741 bits per heavy atom. The lowest BCUT2D eigenvalue weighted by molar-refractivity contribution is -0.849. The maximum absolute atomic E-state index is 3.51. The smallest absolute Gasteiger partial charge is 0.156 e.